The molecule has 5 heteroatoms. The highest BCUT2D eigenvalue weighted by atomic mass is 35.5. The fraction of sp³-hybridized carbons (Fsp3) is 0.286. The third-order valence-electron chi connectivity index (χ3n) is 1.30. The highest BCUT2D eigenvalue weighted by molar-refractivity contribution is 6.28. The molecular weight excluding hydrogens is 178 g/mol. The molecule has 0 amide bonds. The lowest BCUT2D eigenvalue weighted by Gasteiger charge is -2.03. The topological polar surface area (TPSA) is 54.9 Å². The molecule has 0 bridgehead atoms. The first kappa shape index (κ1) is 8.93. The van der Waals surface area contributed by atoms with Crippen molar-refractivity contribution < 1.29 is 4.79 Å². The van der Waals surface area contributed by atoms with Crippen LogP contribution in [0.1, 0.15) is 5.56 Å². The summed E-state index contributed by atoms with van der Waals surface area (Å²) in [4.78, 5) is 17.7. The Morgan fingerprint density at radius 2 is 2.50 bits per heavy atom. The second-order valence-electron chi connectivity index (χ2n) is 2.22. The van der Waals surface area contributed by atoms with Crippen molar-refractivity contribution in [1.82, 2.24) is 9.97 Å². The van der Waals surface area contributed by atoms with E-state index in [0.29, 0.717) is 5.82 Å². The SMILES string of the molecule is Cc1cnc(Cl)nc1NCC=O. The summed E-state index contributed by atoms with van der Waals surface area (Å²) in [5, 5.41) is 2.97. The summed E-state index contributed by atoms with van der Waals surface area (Å²) >= 11 is 5.55. The van der Waals surface area contributed by atoms with Gasteiger partial charge < -0.3 is 10.1 Å². The molecule has 12 heavy (non-hydrogen) atoms. The van der Waals surface area contributed by atoms with Crippen LogP contribution in [0.4, 0.5) is 5.82 Å². The van der Waals surface area contributed by atoms with Gasteiger partial charge in [-0.3, -0.25) is 0 Å². The van der Waals surface area contributed by atoms with Crippen LogP contribution in [-0.2, 0) is 4.79 Å². The molecule has 0 atom stereocenters. The zero-order chi connectivity index (χ0) is 8.97. The first-order valence-electron chi connectivity index (χ1n) is 3.40. The molecule has 64 valence electrons. The minimum absolute atomic E-state index is 0.175. The first-order chi connectivity index (χ1) is 5.74. The summed E-state index contributed by atoms with van der Waals surface area (Å²) in [6, 6.07) is 0. The quantitative estimate of drug-likeness (QED) is 0.565. The van der Waals surface area contributed by atoms with E-state index in [9.17, 15) is 4.79 Å². The Morgan fingerprint density at radius 3 is 3.17 bits per heavy atom. The summed E-state index contributed by atoms with van der Waals surface area (Å²) in [7, 11) is 0. The summed E-state index contributed by atoms with van der Waals surface area (Å²) in [6.07, 6.45) is 2.36. The Bertz CT molecular complexity index is 290. The number of nitrogens with zero attached hydrogens (tertiary/aromatic N) is 2. The van der Waals surface area contributed by atoms with Gasteiger partial charge in [0.1, 0.15) is 12.1 Å². The molecule has 0 unspecified atom stereocenters. The number of carbonyl (C=O) groups excluding carboxylic acids is 1. The molecule has 0 aromatic carbocycles. The molecule has 0 saturated carbocycles. The summed E-state index contributed by atoms with van der Waals surface area (Å²) in [5.41, 5.74) is 0.862. The van der Waals surface area contributed by atoms with Crippen LogP contribution in [0.5, 0.6) is 0 Å². The van der Waals surface area contributed by atoms with Crippen LogP contribution in [-0.4, -0.2) is 22.8 Å². The minimum atomic E-state index is 0.175. The molecule has 1 N–H and O–H groups in total. The average Bonchev–Trinajstić information content (AvgIpc) is 2.07. The van der Waals surface area contributed by atoms with E-state index in [-0.39, 0.29) is 11.8 Å². The Hall–Kier alpha value is -1.16. The fourth-order valence-corrected chi connectivity index (χ4v) is 0.871. The molecule has 1 aromatic rings. The second kappa shape index (κ2) is 4.01. The van der Waals surface area contributed by atoms with Crippen molar-refractivity contribution in [3.05, 3.63) is 17.0 Å². The van der Waals surface area contributed by atoms with Crippen molar-refractivity contribution >= 4 is 23.7 Å². The van der Waals surface area contributed by atoms with Gasteiger partial charge in [0, 0.05) is 11.8 Å². The van der Waals surface area contributed by atoms with Gasteiger partial charge >= 0.3 is 0 Å². The van der Waals surface area contributed by atoms with Gasteiger partial charge in [-0.1, -0.05) is 0 Å². The Kier molecular flexibility index (Phi) is 2.99. The number of rotatable bonds is 3. The maximum atomic E-state index is 10.0. The average molecular weight is 186 g/mol. The van der Waals surface area contributed by atoms with E-state index < -0.39 is 0 Å². The molecule has 1 aromatic heterocycles. The molecule has 0 aliphatic carbocycles. The number of hydrogen-bond donors (Lipinski definition) is 1. The molecule has 0 aliphatic rings. The predicted octanol–water partition coefficient (Wildman–Crippen LogP) is 1.05. The van der Waals surface area contributed by atoms with Gasteiger partial charge in [0.15, 0.2) is 0 Å². The first-order valence-corrected chi connectivity index (χ1v) is 3.78. The van der Waals surface area contributed by atoms with E-state index in [0.717, 1.165) is 11.8 Å². The largest absolute Gasteiger partial charge is 0.363 e. The zero-order valence-corrected chi connectivity index (χ0v) is 7.30. The van der Waals surface area contributed by atoms with E-state index in [4.69, 9.17) is 11.6 Å². The minimum Gasteiger partial charge on any atom is -0.363 e. The maximum Gasteiger partial charge on any atom is 0.224 e. The van der Waals surface area contributed by atoms with Gasteiger partial charge in [-0.25, -0.2) is 9.97 Å². The van der Waals surface area contributed by atoms with Crippen molar-refractivity contribution in [3.63, 3.8) is 0 Å². The van der Waals surface area contributed by atoms with Crippen LogP contribution >= 0.6 is 11.6 Å². The maximum absolute atomic E-state index is 10.0. The molecule has 4 nitrogen and oxygen atoms in total. The number of hydrogen-bond acceptors (Lipinski definition) is 4. The highest BCUT2D eigenvalue weighted by Crippen LogP contribution is 2.11. The lowest BCUT2D eigenvalue weighted by Crippen LogP contribution is -2.06. The molecule has 0 saturated heterocycles. The standard InChI is InChI=1S/C7H8ClN3O/c1-5-4-10-7(8)11-6(5)9-2-3-12/h3-4H,2H2,1H3,(H,9,10,11). The number of aryl methyl sites for hydroxylation is 1. The van der Waals surface area contributed by atoms with Crippen LogP contribution < -0.4 is 5.32 Å². The van der Waals surface area contributed by atoms with Gasteiger partial charge in [0.2, 0.25) is 5.28 Å². The molecule has 0 aliphatic heterocycles. The summed E-state index contributed by atoms with van der Waals surface area (Å²) < 4.78 is 0. The van der Waals surface area contributed by atoms with Crippen LogP contribution in [0.2, 0.25) is 5.28 Å². The normalized spacial score (nSPS) is 9.50. The van der Waals surface area contributed by atoms with E-state index in [1.807, 2.05) is 6.92 Å². The lowest BCUT2D eigenvalue weighted by molar-refractivity contribution is -0.106. The molecule has 0 spiro atoms. The zero-order valence-electron chi connectivity index (χ0n) is 6.54. The van der Waals surface area contributed by atoms with Gasteiger partial charge in [0.25, 0.3) is 0 Å². The van der Waals surface area contributed by atoms with E-state index in [2.05, 4.69) is 15.3 Å². The predicted molar refractivity (Wildman–Crippen MR) is 46.3 cm³/mol. The second-order valence-corrected chi connectivity index (χ2v) is 2.56. The van der Waals surface area contributed by atoms with Crippen LogP contribution in [0.25, 0.3) is 0 Å². The molecule has 1 heterocycles. The number of aldehydes is 1. The highest BCUT2D eigenvalue weighted by Gasteiger charge is 1.99. The third-order valence-corrected chi connectivity index (χ3v) is 1.48. The van der Waals surface area contributed by atoms with Crippen LogP contribution in [0.3, 0.4) is 0 Å². The Morgan fingerprint density at radius 1 is 1.75 bits per heavy atom. The van der Waals surface area contributed by atoms with Crippen molar-refractivity contribution in [2.45, 2.75) is 6.92 Å². The lowest BCUT2D eigenvalue weighted by atomic mass is 10.3. The van der Waals surface area contributed by atoms with E-state index in [1.165, 1.54) is 0 Å². The number of anilines is 1. The van der Waals surface area contributed by atoms with Crippen molar-refractivity contribution in [2.75, 3.05) is 11.9 Å². The van der Waals surface area contributed by atoms with Gasteiger partial charge in [0.05, 0.1) is 6.54 Å². The summed E-state index contributed by atoms with van der Waals surface area (Å²) in [6.45, 7) is 2.07. The van der Waals surface area contributed by atoms with Crippen molar-refractivity contribution in [1.29, 1.82) is 0 Å². The number of carbonyl (C=O) groups is 1. The third kappa shape index (κ3) is 2.17. The molecule has 1 rings (SSSR count). The van der Waals surface area contributed by atoms with E-state index in [1.54, 1.807) is 6.20 Å². The van der Waals surface area contributed by atoms with Crippen molar-refractivity contribution in [2.24, 2.45) is 0 Å². The van der Waals surface area contributed by atoms with Crippen LogP contribution in [0.15, 0.2) is 6.20 Å². The van der Waals surface area contributed by atoms with Gasteiger partial charge in [-0.15, -0.1) is 0 Å². The number of halogens is 1. The van der Waals surface area contributed by atoms with Crippen molar-refractivity contribution in [3.8, 4) is 0 Å². The van der Waals surface area contributed by atoms with Gasteiger partial charge in [-0.2, -0.15) is 0 Å². The number of nitrogens with one attached hydrogen (secondary N) is 1. The fourth-order valence-electron chi connectivity index (χ4n) is 0.738. The Balaban J connectivity index is 2.82. The summed E-state index contributed by atoms with van der Waals surface area (Å²) in [5.74, 6) is 0.599. The molecular formula is C7H8ClN3O. The Labute approximate surface area is 75.0 Å². The van der Waals surface area contributed by atoms with Crippen LogP contribution in [0, 0.1) is 6.92 Å². The smallest absolute Gasteiger partial charge is 0.224 e. The molecule has 0 fully saturated rings. The molecule has 0 radical (unpaired) electrons. The van der Waals surface area contributed by atoms with E-state index >= 15 is 0 Å². The number of aromatic nitrogens is 2. The van der Waals surface area contributed by atoms with Gasteiger partial charge in [-0.05, 0) is 18.5 Å². The monoisotopic (exact) mass is 185 g/mol.